The molecule has 1 aromatic rings. The molecule has 0 radical (unpaired) electrons. The van der Waals surface area contributed by atoms with Crippen LogP contribution in [0.15, 0.2) is 29.2 Å². The van der Waals surface area contributed by atoms with Gasteiger partial charge in [-0.25, -0.2) is 12.7 Å². The lowest BCUT2D eigenvalue weighted by Gasteiger charge is -2.32. The molecule has 1 aromatic carbocycles. The Bertz CT molecular complexity index is 905. The van der Waals surface area contributed by atoms with E-state index in [0.717, 1.165) is 4.31 Å². The quantitative estimate of drug-likeness (QED) is 0.717. The number of piperidine rings is 1. The minimum Gasteiger partial charge on any atom is -0.369 e. The highest BCUT2D eigenvalue weighted by molar-refractivity contribution is 7.89. The van der Waals surface area contributed by atoms with Gasteiger partial charge in [0.2, 0.25) is 27.7 Å². The minimum absolute atomic E-state index is 0.0874. The van der Waals surface area contributed by atoms with Crippen molar-refractivity contribution in [2.45, 2.75) is 24.2 Å². The lowest BCUT2D eigenvalue weighted by atomic mass is 9.95. The third kappa shape index (κ3) is 4.27. The number of hydrogen-bond acceptors (Lipinski definition) is 5. The predicted octanol–water partition coefficient (Wildman–Crippen LogP) is 0.0137. The molecule has 2 N–H and O–H groups in total. The molecule has 2 aliphatic rings. The molecular formula is C19H26N4O5S. The highest BCUT2D eigenvalue weighted by atomic mass is 32.2. The van der Waals surface area contributed by atoms with Gasteiger partial charge < -0.3 is 15.5 Å². The van der Waals surface area contributed by atoms with Crippen molar-refractivity contribution >= 4 is 33.4 Å². The van der Waals surface area contributed by atoms with Crippen LogP contribution in [0.3, 0.4) is 0 Å². The Morgan fingerprint density at radius 2 is 1.66 bits per heavy atom. The van der Waals surface area contributed by atoms with Crippen molar-refractivity contribution < 1.29 is 22.8 Å². The fourth-order valence-electron chi connectivity index (χ4n) is 3.77. The van der Waals surface area contributed by atoms with Crippen molar-refractivity contribution in [1.29, 1.82) is 0 Å². The predicted molar refractivity (Wildman–Crippen MR) is 106 cm³/mol. The standard InChI is InChI=1S/C19H26N4O5S/c1-21(2)29(27,28)16-5-3-15(4-6-16)23-12-14(11-17(23)24)19(26)22-9-7-13(8-10-22)18(20)25/h3-6,13-14H,7-12H2,1-2H3,(H2,20,25). The molecule has 0 aromatic heterocycles. The Morgan fingerprint density at radius 3 is 2.17 bits per heavy atom. The van der Waals surface area contributed by atoms with Crippen LogP contribution in [-0.2, 0) is 24.4 Å². The van der Waals surface area contributed by atoms with E-state index in [1.807, 2.05) is 0 Å². The molecule has 0 bridgehead atoms. The van der Waals surface area contributed by atoms with Gasteiger partial charge in [-0.3, -0.25) is 14.4 Å². The summed E-state index contributed by atoms with van der Waals surface area (Å²) >= 11 is 0. The van der Waals surface area contributed by atoms with E-state index in [2.05, 4.69) is 0 Å². The average Bonchev–Trinajstić information content (AvgIpc) is 3.09. The van der Waals surface area contributed by atoms with Crippen molar-refractivity contribution in [1.82, 2.24) is 9.21 Å². The van der Waals surface area contributed by atoms with E-state index in [0.29, 0.717) is 31.6 Å². The molecule has 29 heavy (non-hydrogen) atoms. The van der Waals surface area contributed by atoms with E-state index in [9.17, 15) is 22.8 Å². The van der Waals surface area contributed by atoms with Crippen molar-refractivity contribution in [3.05, 3.63) is 24.3 Å². The zero-order valence-corrected chi connectivity index (χ0v) is 17.4. The number of carbonyl (C=O) groups excluding carboxylic acids is 3. The largest absolute Gasteiger partial charge is 0.369 e. The Kier molecular flexibility index (Phi) is 5.95. The maximum Gasteiger partial charge on any atom is 0.242 e. The maximum absolute atomic E-state index is 12.8. The molecule has 2 fully saturated rings. The van der Waals surface area contributed by atoms with Crippen LogP contribution in [-0.4, -0.2) is 69.1 Å². The number of hydrogen-bond donors (Lipinski definition) is 1. The Hall–Kier alpha value is -2.46. The summed E-state index contributed by atoms with van der Waals surface area (Å²) in [6.45, 7) is 1.19. The second-order valence-corrected chi connectivity index (χ2v) is 9.84. The summed E-state index contributed by atoms with van der Waals surface area (Å²) in [5.74, 6) is -1.23. The molecule has 0 spiro atoms. The molecule has 2 aliphatic heterocycles. The highest BCUT2D eigenvalue weighted by Gasteiger charge is 2.38. The third-order valence-electron chi connectivity index (χ3n) is 5.61. The van der Waals surface area contributed by atoms with Gasteiger partial charge in [0.05, 0.1) is 10.8 Å². The molecule has 1 unspecified atom stereocenters. The van der Waals surface area contributed by atoms with Gasteiger partial charge in [-0.1, -0.05) is 0 Å². The number of carbonyl (C=O) groups is 3. The smallest absolute Gasteiger partial charge is 0.242 e. The van der Waals surface area contributed by atoms with Gasteiger partial charge >= 0.3 is 0 Å². The number of anilines is 1. The van der Waals surface area contributed by atoms with Crippen molar-refractivity contribution in [3.63, 3.8) is 0 Å². The molecular weight excluding hydrogens is 396 g/mol. The van der Waals surface area contributed by atoms with E-state index in [1.165, 1.54) is 31.1 Å². The molecule has 3 rings (SSSR count). The normalized spacial score (nSPS) is 21.1. The molecule has 0 aliphatic carbocycles. The van der Waals surface area contributed by atoms with Crippen LogP contribution in [0.1, 0.15) is 19.3 Å². The maximum atomic E-state index is 12.8. The first-order chi connectivity index (χ1) is 13.6. The first-order valence-electron chi connectivity index (χ1n) is 9.52. The van der Waals surface area contributed by atoms with Crippen LogP contribution in [0.2, 0.25) is 0 Å². The number of benzene rings is 1. The number of rotatable bonds is 5. The average molecular weight is 423 g/mol. The van der Waals surface area contributed by atoms with Crippen LogP contribution in [0.25, 0.3) is 0 Å². The van der Waals surface area contributed by atoms with Gasteiger partial charge in [-0.15, -0.1) is 0 Å². The monoisotopic (exact) mass is 422 g/mol. The highest BCUT2D eigenvalue weighted by Crippen LogP contribution is 2.29. The van der Waals surface area contributed by atoms with Crippen LogP contribution in [0, 0.1) is 11.8 Å². The van der Waals surface area contributed by atoms with Gasteiger partial charge in [0, 0.05) is 51.8 Å². The van der Waals surface area contributed by atoms with Gasteiger partial charge in [0.15, 0.2) is 0 Å². The van der Waals surface area contributed by atoms with E-state index >= 15 is 0 Å². The van der Waals surface area contributed by atoms with E-state index < -0.39 is 15.9 Å². The lowest BCUT2D eigenvalue weighted by molar-refractivity contribution is -0.138. The molecule has 3 amide bonds. The lowest BCUT2D eigenvalue weighted by Crippen LogP contribution is -2.44. The SMILES string of the molecule is CN(C)S(=O)(=O)c1ccc(N2CC(C(=O)N3CCC(C(N)=O)CC3)CC2=O)cc1. The number of sulfonamides is 1. The number of primary amides is 1. The van der Waals surface area contributed by atoms with Gasteiger partial charge in [-0.2, -0.15) is 0 Å². The molecule has 158 valence electrons. The molecule has 0 saturated carbocycles. The van der Waals surface area contributed by atoms with Crippen molar-refractivity contribution in [2.24, 2.45) is 17.6 Å². The summed E-state index contributed by atoms with van der Waals surface area (Å²) in [6, 6.07) is 6.09. The molecule has 2 saturated heterocycles. The molecule has 10 heteroatoms. The van der Waals surface area contributed by atoms with Crippen LogP contribution in [0.5, 0.6) is 0 Å². The topological polar surface area (TPSA) is 121 Å². The van der Waals surface area contributed by atoms with Gasteiger partial charge in [-0.05, 0) is 37.1 Å². The summed E-state index contributed by atoms with van der Waals surface area (Å²) < 4.78 is 25.5. The molecule has 9 nitrogen and oxygen atoms in total. The summed E-state index contributed by atoms with van der Waals surface area (Å²) in [4.78, 5) is 39.9. The van der Waals surface area contributed by atoms with E-state index in [1.54, 1.807) is 17.0 Å². The Morgan fingerprint density at radius 1 is 1.07 bits per heavy atom. The molecule has 1 atom stereocenters. The van der Waals surface area contributed by atoms with Crippen LogP contribution in [0.4, 0.5) is 5.69 Å². The Balaban J connectivity index is 1.66. The van der Waals surface area contributed by atoms with Crippen LogP contribution < -0.4 is 10.6 Å². The first-order valence-corrected chi connectivity index (χ1v) is 11.0. The second-order valence-electron chi connectivity index (χ2n) is 7.69. The number of amides is 3. The fraction of sp³-hybridized carbons (Fsp3) is 0.526. The third-order valence-corrected chi connectivity index (χ3v) is 7.44. The van der Waals surface area contributed by atoms with Crippen LogP contribution >= 0.6 is 0 Å². The first kappa shape index (κ1) is 21.3. The molecule has 2 heterocycles. The fourth-order valence-corrected chi connectivity index (χ4v) is 4.68. The van der Waals surface area contributed by atoms with Crippen molar-refractivity contribution in [2.75, 3.05) is 38.6 Å². The van der Waals surface area contributed by atoms with E-state index in [4.69, 9.17) is 5.73 Å². The zero-order chi connectivity index (χ0) is 21.3. The summed E-state index contributed by atoms with van der Waals surface area (Å²) in [6.07, 6.45) is 1.22. The second kappa shape index (κ2) is 8.11. The number of nitrogens with zero attached hydrogens (tertiary/aromatic N) is 3. The summed E-state index contributed by atoms with van der Waals surface area (Å²) in [5, 5.41) is 0. The Labute approximate surface area is 170 Å². The number of likely N-dealkylation sites (tertiary alicyclic amines) is 1. The summed E-state index contributed by atoms with van der Waals surface area (Å²) in [5.41, 5.74) is 5.90. The van der Waals surface area contributed by atoms with Gasteiger partial charge in [0.1, 0.15) is 0 Å². The van der Waals surface area contributed by atoms with E-state index in [-0.39, 0.29) is 41.5 Å². The minimum atomic E-state index is -3.54. The van der Waals surface area contributed by atoms with Crippen molar-refractivity contribution in [3.8, 4) is 0 Å². The zero-order valence-electron chi connectivity index (χ0n) is 16.6. The number of nitrogens with two attached hydrogens (primary N) is 1. The van der Waals surface area contributed by atoms with Gasteiger partial charge in [0.25, 0.3) is 0 Å². The summed E-state index contributed by atoms with van der Waals surface area (Å²) in [7, 11) is -0.636.